The predicted octanol–water partition coefficient (Wildman–Crippen LogP) is 4.83. The van der Waals surface area contributed by atoms with E-state index in [-0.39, 0.29) is 18.9 Å². The first-order chi connectivity index (χ1) is 16.2. The van der Waals surface area contributed by atoms with E-state index in [0.717, 1.165) is 28.6 Å². The Morgan fingerprint density at radius 3 is 2.73 bits per heavy atom. The van der Waals surface area contributed by atoms with Crippen molar-refractivity contribution in [3.63, 3.8) is 0 Å². The molecule has 1 saturated heterocycles. The molecule has 1 aromatic carbocycles. The average molecular weight is 476 g/mol. The number of fused-ring (bicyclic) bond motifs is 1. The summed E-state index contributed by atoms with van der Waals surface area (Å²) in [6, 6.07) is 19.2. The maximum Gasteiger partial charge on any atom is 0.231 e. The predicted molar refractivity (Wildman–Crippen MR) is 129 cm³/mol. The summed E-state index contributed by atoms with van der Waals surface area (Å²) in [5.74, 6) is 2.19. The number of nitrogens with zero attached hydrogens (tertiary/aromatic N) is 4. The Bertz CT molecular complexity index is 1330. The van der Waals surface area contributed by atoms with Gasteiger partial charge in [-0.25, -0.2) is 4.98 Å². The number of aromatic nitrogens is 3. The molecular formula is C24H18ClN5O2S. The molecule has 0 bridgehead atoms. The molecular weight excluding hydrogens is 458 g/mol. The fourth-order valence-corrected chi connectivity index (χ4v) is 4.78. The van der Waals surface area contributed by atoms with Crippen molar-refractivity contribution in [1.82, 2.24) is 19.9 Å². The van der Waals surface area contributed by atoms with Gasteiger partial charge in [-0.15, -0.1) is 0 Å². The van der Waals surface area contributed by atoms with E-state index in [1.165, 1.54) is 0 Å². The van der Waals surface area contributed by atoms with Crippen molar-refractivity contribution in [3.8, 4) is 17.3 Å². The van der Waals surface area contributed by atoms with E-state index < -0.39 is 0 Å². The van der Waals surface area contributed by atoms with Gasteiger partial charge < -0.3 is 24.3 Å². The number of halogens is 1. The van der Waals surface area contributed by atoms with Gasteiger partial charge in [0.15, 0.2) is 16.6 Å². The topological polar surface area (TPSA) is 64.4 Å². The van der Waals surface area contributed by atoms with Crippen LogP contribution in [0.3, 0.4) is 0 Å². The summed E-state index contributed by atoms with van der Waals surface area (Å²) in [7, 11) is 0. The molecule has 2 unspecified atom stereocenters. The number of pyridine rings is 2. The van der Waals surface area contributed by atoms with Gasteiger partial charge in [0.1, 0.15) is 11.9 Å². The number of ether oxygens (including phenoxy) is 2. The van der Waals surface area contributed by atoms with Crippen LogP contribution in [0, 0.1) is 0 Å². The molecule has 0 spiro atoms. The highest BCUT2D eigenvalue weighted by molar-refractivity contribution is 7.80. The Kier molecular flexibility index (Phi) is 4.89. The van der Waals surface area contributed by atoms with Crippen molar-refractivity contribution in [2.24, 2.45) is 0 Å². The van der Waals surface area contributed by atoms with Crippen LogP contribution in [0.2, 0.25) is 5.02 Å². The Hall–Kier alpha value is -3.62. The Balaban J connectivity index is 1.50. The second-order valence-electron chi connectivity index (χ2n) is 7.67. The van der Waals surface area contributed by atoms with Crippen molar-refractivity contribution in [1.29, 1.82) is 0 Å². The van der Waals surface area contributed by atoms with E-state index in [4.69, 9.17) is 33.3 Å². The largest absolute Gasteiger partial charge is 0.454 e. The molecule has 5 heterocycles. The third-order valence-electron chi connectivity index (χ3n) is 5.77. The summed E-state index contributed by atoms with van der Waals surface area (Å²) in [4.78, 5) is 11.2. The van der Waals surface area contributed by atoms with E-state index in [1.807, 2.05) is 65.4 Å². The number of anilines is 1. The van der Waals surface area contributed by atoms with Crippen LogP contribution < -0.4 is 19.7 Å². The molecule has 0 amide bonds. The molecule has 0 saturated carbocycles. The lowest BCUT2D eigenvalue weighted by atomic mass is 10.0. The third-order valence-corrected chi connectivity index (χ3v) is 6.31. The summed E-state index contributed by atoms with van der Waals surface area (Å²) in [6.07, 6.45) is 5.42. The molecule has 6 rings (SSSR count). The molecule has 2 aliphatic rings. The van der Waals surface area contributed by atoms with Crippen LogP contribution in [0.5, 0.6) is 11.5 Å². The summed E-state index contributed by atoms with van der Waals surface area (Å²) in [5.41, 5.74) is 2.80. The molecule has 2 aliphatic heterocycles. The molecule has 9 heteroatoms. The lowest BCUT2D eigenvalue weighted by molar-refractivity contribution is 0.174. The van der Waals surface area contributed by atoms with E-state index in [0.29, 0.717) is 15.9 Å². The zero-order valence-electron chi connectivity index (χ0n) is 17.3. The highest BCUT2D eigenvalue weighted by Crippen LogP contribution is 2.44. The molecule has 33 heavy (non-hydrogen) atoms. The lowest BCUT2D eigenvalue weighted by Crippen LogP contribution is -2.30. The van der Waals surface area contributed by atoms with Crippen LogP contribution in [-0.4, -0.2) is 26.4 Å². The van der Waals surface area contributed by atoms with Crippen molar-refractivity contribution in [2.45, 2.75) is 12.1 Å². The minimum Gasteiger partial charge on any atom is -0.454 e. The maximum absolute atomic E-state index is 6.07. The SMILES string of the molecule is S=C1NC(c2ccccn2)C(c2cccn2-c2ccc(Cl)cn2)N1c1ccc2c(c1)OCO2. The standard InChI is InChI=1S/C24H18ClN5O2S/c25-15-6-9-21(27-13-15)29-11-3-5-18(29)23-22(17-4-1-2-10-26-17)28-24(33)30(23)16-7-8-19-20(12-16)32-14-31-19/h1-13,22-23H,14H2,(H,28,33). The van der Waals surface area contributed by atoms with Crippen LogP contribution in [-0.2, 0) is 0 Å². The monoisotopic (exact) mass is 475 g/mol. The second kappa shape index (κ2) is 8.06. The van der Waals surface area contributed by atoms with Gasteiger partial charge in [0.2, 0.25) is 6.79 Å². The third kappa shape index (κ3) is 3.48. The molecule has 0 aliphatic carbocycles. The van der Waals surface area contributed by atoms with Crippen molar-refractivity contribution in [3.05, 3.63) is 95.7 Å². The summed E-state index contributed by atoms with van der Waals surface area (Å²) in [6.45, 7) is 0.215. The molecule has 4 aromatic rings. The Morgan fingerprint density at radius 2 is 1.91 bits per heavy atom. The van der Waals surface area contributed by atoms with E-state index in [2.05, 4.69) is 26.3 Å². The maximum atomic E-state index is 6.07. The van der Waals surface area contributed by atoms with E-state index in [1.54, 1.807) is 12.4 Å². The smallest absolute Gasteiger partial charge is 0.231 e. The fraction of sp³-hybridized carbons (Fsp3) is 0.125. The van der Waals surface area contributed by atoms with Crippen LogP contribution in [0.1, 0.15) is 23.5 Å². The van der Waals surface area contributed by atoms with Crippen molar-refractivity contribution in [2.75, 3.05) is 11.7 Å². The Morgan fingerprint density at radius 1 is 1.00 bits per heavy atom. The lowest BCUT2D eigenvalue weighted by Gasteiger charge is -2.29. The van der Waals surface area contributed by atoms with Gasteiger partial charge in [0.25, 0.3) is 0 Å². The van der Waals surface area contributed by atoms with Gasteiger partial charge in [-0.3, -0.25) is 4.98 Å². The van der Waals surface area contributed by atoms with Crippen molar-refractivity contribution >= 4 is 34.6 Å². The van der Waals surface area contributed by atoms with E-state index >= 15 is 0 Å². The Labute approximate surface area is 200 Å². The van der Waals surface area contributed by atoms with Crippen molar-refractivity contribution < 1.29 is 9.47 Å². The summed E-state index contributed by atoms with van der Waals surface area (Å²) >= 11 is 11.9. The first-order valence-electron chi connectivity index (χ1n) is 10.4. The number of hydrogen-bond donors (Lipinski definition) is 1. The molecule has 7 nitrogen and oxygen atoms in total. The minimum atomic E-state index is -0.194. The zero-order valence-corrected chi connectivity index (χ0v) is 18.8. The molecule has 0 radical (unpaired) electrons. The average Bonchev–Trinajstić information content (AvgIpc) is 3.57. The molecule has 2 atom stereocenters. The number of nitrogens with one attached hydrogen (secondary N) is 1. The molecule has 1 N–H and O–H groups in total. The van der Waals surface area contributed by atoms with Gasteiger partial charge in [0.05, 0.1) is 16.8 Å². The number of thiocarbonyl (C=S) groups is 1. The number of benzene rings is 1. The molecule has 3 aromatic heterocycles. The van der Waals surface area contributed by atoms with Crippen LogP contribution in [0.25, 0.3) is 5.82 Å². The zero-order chi connectivity index (χ0) is 22.4. The molecule has 1 fully saturated rings. The van der Waals surface area contributed by atoms with Crippen LogP contribution in [0.4, 0.5) is 5.69 Å². The van der Waals surface area contributed by atoms with E-state index in [9.17, 15) is 0 Å². The summed E-state index contributed by atoms with van der Waals surface area (Å²) in [5, 5.41) is 4.67. The highest BCUT2D eigenvalue weighted by atomic mass is 35.5. The van der Waals surface area contributed by atoms with Gasteiger partial charge in [-0.1, -0.05) is 17.7 Å². The van der Waals surface area contributed by atoms with Gasteiger partial charge in [0, 0.05) is 36.0 Å². The van der Waals surface area contributed by atoms with Crippen LogP contribution in [0.15, 0.2) is 79.3 Å². The number of rotatable bonds is 4. The first-order valence-corrected chi connectivity index (χ1v) is 11.2. The fourth-order valence-electron chi connectivity index (χ4n) is 4.32. The van der Waals surface area contributed by atoms with Gasteiger partial charge in [-0.05, 0) is 60.7 Å². The normalized spacial score (nSPS) is 19.1. The first kappa shape index (κ1) is 20.0. The number of hydrogen-bond acceptors (Lipinski definition) is 5. The van der Waals surface area contributed by atoms with Gasteiger partial charge >= 0.3 is 0 Å². The molecule has 164 valence electrons. The second-order valence-corrected chi connectivity index (χ2v) is 8.49. The van der Waals surface area contributed by atoms with Crippen LogP contribution >= 0.6 is 23.8 Å². The quantitative estimate of drug-likeness (QED) is 0.424. The highest BCUT2D eigenvalue weighted by Gasteiger charge is 2.42. The summed E-state index contributed by atoms with van der Waals surface area (Å²) < 4.78 is 13.2. The van der Waals surface area contributed by atoms with Gasteiger partial charge in [-0.2, -0.15) is 0 Å². The minimum absolute atomic E-state index is 0.176.